The van der Waals surface area contributed by atoms with Crippen molar-refractivity contribution in [3.63, 3.8) is 0 Å². The van der Waals surface area contributed by atoms with Crippen molar-refractivity contribution in [3.8, 4) is 22.6 Å². The molecular weight excluding hydrogens is 440 g/mol. The van der Waals surface area contributed by atoms with E-state index in [0.29, 0.717) is 28.8 Å². The lowest BCUT2D eigenvalue weighted by molar-refractivity contribution is 0.416. The van der Waals surface area contributed by atoms with Crippen LogP contribution in [0.1, 0.15) is 24.1 Å². The van der Waals surface area contributed by atoms with Crippen LogP contribution in [0.15, 0.2) is 74.8 Å². The number of sulfonamides is 1. The van der Waals surface area contributed by atoms with Crippen LogP contribution in [0.2, 0.25) is 0 Å². The quantitative estimate of drug-likeness (QED) is 0.383. The number of benzene rings is 2. The van der Waals surface area contributed by atoms with Gasteiger partial charge in [-0.05, 0) is 50.5 Å². The second-order valence-corrected chi connectivity index (χ2v) is 9.93. The summed E-state index contributed by atoms with van der Waals surface area (Å²) in [6, 6.07) is 14.8. The first-order valence-electron chi connectivity index (χ1n) is 10.7. The molecule has 1 N–H and O–H groups in total. The molecule has 8 nitrogen and oxygen atoms in total. The van der Waals surface area contributed by atoms with E-state index in [0.717, 1.165) is 24.0 Å². The van der Waals surface area contributed by atoms with Gasteiger partial charge in [0.2, 0.25) is 11.8 Å². The Bertz CT molecular complexity index is 1360. The smallest absolute Gasteiger partial charge is 0.268 e. The summed E-state index contributed by atoms with van der Waals surface area (Å²) in [4.78, 5) is 4.35. The van der Waals surface area contributed by atoms with Gasteiger partial charge in [0, 0.05) is 22.7 Å². The molecule has 5 rings (SSSR count). The summed E-state index contributed by atoms with van der Waals surface area (Å²) in [5.74, 6) is 0.741. The Morgan fingerprint density at radius 2 is 1.79 bits per heavy atom. The number of nitrogens with one attached hydrogen (secondary N) is 1. The van der Waals surface area contributed by atoms with Crippen LogP contribution in [0, 0.1) is 13.8 Å². The van der Waals surface area contributed by atoms with Crippen molar-refractivity contribution >= 4 is 15.9 Å². The highest BCUT2D eigenvalue weighted by atomic mass is 32.2. The lowest BCUT2D eigenvalue weighted by atomic mass is 10.0. The molecule has 1 fully saturated rings. The maximum absolute atomic E-state index is 13.9. The van der Waals surface area contributed by atoms with E-state index in [9.17, 15) is 8.42 Å². The molecule has 2 heterocycles. The average molecular weight is 465 g/mol. The fraction of sp³-hybridized carbons (Fsp3) is 0.250. The van der Waals surface area contributed by atoms with E-state index in [1.807, 2.05) is 37.3 Å². The van der Waals surface area contributed by atoms with Crippen molar-refractivity contribution < 1.29 is 17.4 Å². The monoisotopic (exact) mass is 464 g/mol. The molecule has 0 spiro atoms. The largest absolute Gasteiger partial charge is 0.445 e. The predicted molar refractivity (Wildman–Crippen MR) is 124 cm³/mol. The molecule has 2 aromatic carbocycles. The van der Waals surface area contributed by atoms with Crippen LogP contribution in [-0.4, -0.2) is 31.3 Å². The first-order chi connectivity index (χ1) is 15.9. The van der Waals surface area contributed by atoms with Gasteiger partial charge in [-0.1, -0.05) is 35.5 Å². The van der Waals surface area contributed by atoms with Gasteiger partial charge in [0.15, 0.2) is 0 Å². The highest BCUT2D eigenvalue weighted by molar-refractivity contribution is 7.93. The van der Waals surface area contributed by atoms with E-state index >= 15 is 0 Å². The normalized spacial score (nSPS) is 13.9. The van der Waals surface area contributed by atoms with Crippen molar-refractivity contribution in [2.75, 3.05) is 11.0 Å². The molecule has 0 unspecified atom stereocenters. The van der Waals surface area contributed by atoms with Crippen LogP contribution in [-0.2, 0) is 10.0 Å². The lowest BCUT2D eigenvalue weighted by Gasteiger charge is -2.24. The fourth-order valence-electron chi connectivity index (χ4n) is 3.61. The van der Waals surface area contributed by atoms with Gasteiger partial charge >= 0.3 is 0 Å². The first-order valence-corrected chi connectivity index (χ1v) is 12.2. The molecule has 0 saturated heterocycles. The molecular formula is C24H24N4O4S. The summed E-state index contributed by atoms with van der Waals surface area (Å²) in [6.07, 6.45) is 5.18. The topological polar surface area (TPSA) is 101 Å². The van der Waals surface area contributed by atoms with E-state index in [-0.39, 0.29) is 17.4 Å². The van der Waals surface area contributed by atoms with Crippen molar-refractivity contribution in [1.29, 1.82) is 0 Å². The minimum absolute atomic E-state index is 0.111. The van der Waals surface area contributed by atoms with Crippen LogP contribution in [0.3, 0.4) is 0 Å². The van der Waals surface area contributed by atoms with E-state index in [1.165, 1.54) is 10.6 Å². The molecule has 0 aliphatic heterocycles. The molecule has 0 amide bonds. The number of aryl methyl sites for hydroxylation is 1. The maximum atomic E-state index is 13.9. The van der Waals surface area contributed by atoms with E-state index in [2.05, 4.69) is 15.5 Å². The summed E-state index contributed by atoms with van der Waals surface area (Å²) >= 11 is 0. The molecule has 0 bridgehead atoms. The highest BCUT2D eigenvalue weighted by Gasteiger charge is 2.33. The summed E-state index contributed by atoms with van der Waals surface area (Å²) in [5.41, 5.74) is 3.54. The second-order valence-electron chi connectivity index (χ2n) is 8.10. The zero-order chi connectivity index (χ0) is 23.0. The highest BCUT2D eigenvalue weighted by Crippen LogP contribution is 2.34. The van der Waals surface area contributed by atoms with Gasteiger partial charge in [-0.25, -0.2) is 17.7 Å². The van der Waals surface area contributed by atoms with Crippen molar-refractivity contribution in [3.05, 3.63) is 72.2 Å². The number of rotatable bonds is 8. The van der Waals surface area contributed by atoms with Crippen LogP contribution < -0.4 is 9.62 Å². The zero-order valence-corrected chi connectivity index (χ0v) is 19.2. The number of nitrogens with zero attached hydrogens (tertiary/aromatic N) is 3. The van der Waals surface area contributed by atoms with E-state index < -0.39 is 10.0 Å². The Labute approximate surface area is 192 Å². The Balaban J connectivity index is 1.55. The third kappa shape index (κ3) is 4.17. The van der Waals surface area contributed by atoms with Crippen LogP contribution in [0.4, 0.5) is 5.88 Å². The van der Waals surface area contributed by atoms with Crippen LogP contribution in [0.25, 0.3) is 22.6 Å². The van der Waals surface area contributed by atoms with Gasteiger partial charge in [0.1, 0.15) is 6.26 Å². The van der Waals surface area contributed by atoms with Gasteiger partial charge < -0.3 is 8.94 Å². The van der Waals surface area contributed by atoms with Gasteiger partial charge in [0.05, 0.1) is 23.5 Å². The summed E-state index contributed by atoms with van der Waals surface area (Å²) in [5, 5.41) is 7.27. The molecule has 1 saturated carbocycles. The predicted octanol–water partition coefficient (Wildman–Crippen LogP) is 4.52. The third-order valence-corrected chi connectivity index (χ3v) is 7.58. The Kier molecular flexibility index (Phi) is 5.51. The molecule has 170 valence electrons. The Morgan fingerprint density at radius 1 is 1.06 bits per heavy atom. The molecule has 2 aromatic heterocycles. The minimum Gasteiger partial charge on any atom is -0.445 e. The van der Waals surface area contributed by atoms with Crippen molar-refractivity contribution in [2.24, 2.45) is 0 Å². The summed E-state index contributed by atoms with van der Waals surface area (Å²) in [7, 11) is -3.96. The molecule has 9 heteroatoms. The molecule has 4 aromatic rings. The SMILES string of the molecule is Cc1noc(N(CNC2CC2)S(=O)(=O)c2ccccc2-c2ccc(-c3ncco3)cc2)c1C. The molecule has 1 aliphatic carbocycles. The third-order valence-electron chi connectivity index (χ3n) is 5.79. The van der Waals surface area contributed by atoms with Crippen LogP contribution >= 0.6 is 0 Å². The van der Waals surface area contributed by atoms with Crippen molar-refractivity contribution in [1.82, 2.24) is 15.5 Å². The molecule has 0 atom stereocenters. The Hall–Kier alpha value is -3.43. The second kappa shape index (κ2) is 8.49. The zero-order valence-electron chi connectivity index (χ0n) is 18.4. The van der Waals surface area contributed by atoms with Crippen molar-refractivity contribution in [2.45, 2.75) is 37.6 Å². The van der Waals surface area contributed by atoms with E-state index in [4.69, 9.17) is 8.94 Å². The fourth-order valence-corrected chi connectivity index (χ4v) is 5.19. The van der Waals surface area contributed by atoms with E-state index in [1.54, 1.807) is 31.3 Å². The average Bonchev–Trinajstić information content (AvgIpc) is 3.38. The standard InChI is InChI=1S/C24H24N4O4S/c1-16-17(2)27-32-24(16)28(15-26-20-11-12-20)33(29,30)22-6-4-3-5-21(22)18-7-9-19(10-8-18)23-25-13-14-31-23/h3-10,13-14,20,26H,11-12,15H2,1-2H3. The molecule has 1 aliphatic rings. The lowest BCUT2D eigenvalue weighted by Crippen LogP contribution is -2.40. The van der Waals surface area contributed by atoms with Gasteiger partial charge in [-0.2, -0.15) is 0 Å². The molecule has 33 heavy (non-hydrogen) atoms. The number of hydrogen-bond donors (Lipinski definition) is 1. The maximum Gasteiger partial charge on any atom is 0.268 e. The van der Waals surface area contributed by atoms with Gasteiger partial charge in [-0.15, -0.1) is 0 Å². The minimum atomic E-state index is -3.96. The van der Waals surface area contributed by atoms with Gasteiger partial charge in [-0.3, -0.25) is 5.32 Å². The molecule has 0 radical (unpaired) electrons. The van der Waals surface area contributed by atoms with Gasteiger partial charge in [0.25, 0.3) is 10.0 Å². The number of hydrogen-bond acceptors (Lipinski definition) is 7. The number of anilines is 1. The number of oxazole rings is 1. The summed E-state index contributed by atoms with van der Waals surface area (Å²) in [6.45, 7) is 3.72. The summed E-state index contributed by atoms with van der Waals surface area (Å²) < 4.78 is 40.0. The Morgan fingerprint density at radius 3 is 2.42 bits per heavy atom. The number of aromatic nitrogens is 2. The first kappa shape index (κ1) is 21.4. The van der Waals surface area contributed by atoms with Crippen LogP contribution in [0.5, 0.6) is 0 Å².